The summed E-state index contributed by atoms with van der Waals surface area (Å²) in [6.07, 6.45) is -1.61. The van der Waals surface area contributed by atoms with E-state index in [0.29, 0.717) is 29.6 Å². The van der Waals surface area contributed by atoms with E-state index in [-0.39, 0.29) is 11.3 Å². The second kappa shape index (κ2) is 9.01. The van der Waals surface area contributed by atoms with E-state index in [1.807, 2.05) is 0 Å². The van der Waals surface area contributed by atoms with Crippen molar-refractivity contribution in [3.63, 3.8) is 0 Å². The number of ether oxygens (including phenoxy) is 1. The Morgan fingerprint density at radius 3 is 2.62 bits per heavy atom. The zero-order valence-corrected chi connectivity index (χ0v) is 17.1. The van der Waals surface area contributed by atoms with Crippen molar-refractivity contribution in [3.05, 3.63) is 93.1 Å². The van der Waals surface area contributed by atoms with Crippen molar-refractivity contribution in [2.75, 3.05) is 0 Å². The quantitative estimate of drug-likeness (QED) is 0.563. The first-order chi connectivity index (χ1) is 15.2. The van der Waals surface area contributed by atoms with Crippen LogP contribution in [0.2, 0.25) is 5.15 Å². The summed E-state index contributed by atoms with van der Waals surface area (Å²) in [6, 6.07) is 12.0. The van der Waals surface area contributed by atoms with Gasteiger partial charge in [-0.25, -0.2) is 9.98 Å². The monoisotopic (exact) mass is 464 g/mol. The predicted octanol–water partition coefficient (Wildman–Crippen LogP) is 3.69. The Kier molecular flexibility index (Phi) is 6.15. The number of aliphatic imine (C=N–C) groups is 1. The molecule has 1 aromatic carbocycles. The number of alkyl halides is 3. The topological polar surface area (TPSA) is 77.7 Å². The van der Waals surface area contributed by atoms with Crippen LogP contribution in [0, 0.1) is 0 Å². The number of aromatic nitrogens is 2. The van der Waals surface area contributed by atoms with Gasteiger partial charge in [-0.05, 0) is 41.5 Å². The highest BCUT2D eigenvalue weighted by Crippen LogP contribution is 2.23. The van der Waals surface area contributed by atoms with Crippen molar-refractivity contribution < 1.29 is 22.7 Å². The van der Waals surface area contributed by atoms with Gasteiger partial charge in [0.05, 0.1) is 12.1 Å². The first-order valence-corrected chi connectivity index (χ1v) is 9.79. The summed E-state index contributed by atoms with van der Waals surface area (Å²) in [6.45, 7) is 0.297. The van der Waals surface area contributed by atoms with Gasteiger partial charge in [-0.3, -0.25) is 4.79 Å². The van der Waals surface area contributed by atoms with E-state index in [0.717, 1.165) is 11.1 Å². The zero-order chi connectivity index (χ0) is 22.7. The number of hydrogen-bond acceptors (Lipinski definition) is 6. The average Bonchev–Trinajstić information content (AvgIpc) is 3.19. The molecule has 7 nitrogen and oxygen atoms in total. The molecule has 0 bridgehead atoms. The van der Waals surface area contributed by atoms with E-state index < -0.39 is 12.5 Å². The molecular formula is C21H16ClF3N4O3. The van der Waals surface area contributed by atoms with Crippen molar-refractivity contribution in [2.24, 2.45) is 4.99 Å². The van der Waals surface area contributed by atoms with Gasteiger partial charge in [-0.15, -0.1) is 18.7 Å². The van der Waals surface area contributed by atoms with E-state index in [9.17, 15) is 18.0 Å². The van der Waals surface area contributed by atoms with Crippen LogP contribution >= 0.6 is 11.6 Å². The molecule has 0 saturated heterocycles. The lowest BCUT2D eigenvalue weighted by atomic mass is 10.1. The van der Waals surface area contributed by atoms with Gasteiger partial charge in [0.25, 0.3) is 5.56 Å². The Labute approximate surface area is 185 Å². The summed E-state index contributed by atoms with van der Waals surface area (Å²) < 4.78 is 42.2. The molecule has 0 aliphatic carbocycles. The third kappa shape index (κ3) is 5.65. The van der Waals surface area contributed by atoms with Gasteiger partial charge in [-0.2, -0.15) is 0 Å². The third-order valence-electron chi connectivity index (χ3n) is 4.53. The number of benzene rings is 1. The molecule has 3 heterocycles. The molecule has 166 valence electrons. The molecule has 3 aromatic rings. The number of pyridine rings is 2. The average molecular weight is 465 g/mol. The maximum atomic E-state index is 12.3. The first-order valence-electron chi connectivity index (χ1n) is 9.41. The van der Waals surface area contributed by atoms with Gasteiger partial charge >= 0.3 is 6.36 Å². The van der Waals surface area contributed by atoms with Crippen LogP contribution in [-0.2, 0) is 17.8 Å². The normalized spacial score (nSPS) is 15.9. The Morgan fingerprint density at radius 2 is 1.91 bits per heavy atom. The number of hydroxylamine groups is 1. The molecule has 4 rings (SSSR count). The molecule has 0 fully saturated rings. The number of rotatable bonds is 6. The van der Waals surface area contributed by atoms with Crippen LogP contribution in [0.5, 0.6) is 5.75 Å². The lowest BCUT2D eigenvalue weighted by Gasteiger charge is -2.10. The predicted molar refractivity (Wildman–Crippen MR) is 110 cm³/mol. The second-order valence-electron chi connectivity index (χ2n) is 6.94. The van der Waals surface area contributed by atoms with Gasteiger partial charge in [-0.1, -0.05) is 23.7 Å². The second-order valence-corrected chi connectivity index (χ2v) is 7.32. The van der Waals surface area contributed by atoms with Gasteiger partial charge in [0.15, 0.2) is 0 Å². The van der Waals surface area contributed by atoms with E-state index in [1.165, 1.54) is 34.9 Å². The minimum Gasteiger partial charge on any atom is -0.406 e. The van der Waals surface area contributed by atoms with Crippen molar-refractivity contribution in [1.82, 2.24) is 15.0 Å². The number of halogens is 4. The molecule has 1 aliphatic rings. The summed E-state index contributed by atoms with van der Waals surface area (Å²) in [5, 5.41) is 0.334. The number of hydrogen-bond donors (Lipinski definition) is 1. The van der Waals surface area contributed by atoms with Crippen LogP contribution in [0.3, 0.4) is 0 Å². The van der Waals surface area contributed by atoms with Gasteiger partial charge in [0.2, 0.25) is 5.90 Å². The highest BCUT2D eigenvalue weighted by Gasteiger charge is 2.31. The fourth-order valence-corrected chi connectivity index (χ4v) is 3.30. The van der Waals surface area contributed by atoms with Crippen molar-refractivity contribution in [1.29, 1.82) is 0 Å². The highest BCUT2D eigenvalue weighted by atomic mass is 35.5. The van der Waals surface area contributed by atoms with Crippen LogP contribution in [0.25, 0.3) is 0 Å². The largest absolute Gasteiger partial charge is 0.573 e. The lowest BCUT2D eigenvalue weighted by Crippen LogP contribution is -2.24. The van der Waals surface area contributed by atoms with Crippen LogP contribution in [0.15, 0.2) is 70.7 Å². The Morgan fingerprint density at radius 1 is 1.12 bits per heavy atom. The molecule has 11 heteroatoms. The van der Waals surface area contributed by atoms with E-state index in [4.69, 9.17) is 16.4 Å². The van der Waals surface area contributed by atoms with E-state index >= 15 is 0 Å². The molecular weight excluding hydrogens is 449 g/mol. The van der Waals surface area contributed by atoms with Crippen LogP contribution in [-0.4, -0.2) is 28.0 Å². The molecule has 0 radical (unpaired) electrons. The molecule has 1 unspecified atom stereocenters. The van der Waals surface area contributed by atoms with Crippen molar-refractivity contribution >= 4 is 17.5 Å². The van der Waals surface area contributed by atoms with Gasteiger partial charge < -0.3 is 14.1 Å². The fourth-order valence-electron chi connectivity index (χ4n) is 3.11. The Balaban J connectivity index is 1.45. The smallest absolute Gasteiger partial charge is 0.406 e. The number of nitrogens with one attached hydrogen (secondary N) is 1. The highest BCUT2D eigenvalue weighted by molar-refractivity contribution is 6.29. The third-order valence-corrected chi connectivity index (χ3v) is 4.73. The van der Waals surface area contributed by atoms with Gasteiger partial charge in [0.1, 0.15) is 17.1 Å². The van der Waals surface area contributed by atoms with Crippen molar-refractivity contribution in [3.8, 4) is 5.75 Å². The summed E-state index contributed by atoms with van der Waals surface area (Å²) in [5.74, 6) is 0.00680. The lowest BCUT2D eigenvalue weighted by molar-refractivity contribution is -0.274. The van der Waals surface area contributed by atoms with E-state index in [2.05, 4.69) is 20.2 Å². The SMILES string of the molecule is O=c1ccc(C2=NC(Cc3ccc(OC(F)(F)F)cc3)NO2)cn1Cc1ccnc(Cl)c1. The molecule has 0 amide bonds. The summed E-state index contributed by atoms with van der Waals surface area (Å²) in [5.41, 5.74) is 4.71. The van der Waals surface area contributed by atoms with Crippen LogP contribution in [0.1, 0.15) is 16.7 Å². The van der Waals surface area contributed by atoms with E-state index in [1.54, 1.807) is 30.6 Å². The zero-order valence-electron chi connectivity index (χ0n) is 16.3. The molecule has 32 heavy (non-hydrogen) atoms. The van der Waals surface area contributed by atoms with Crippen molar-refractivity contribution in [2.45, 2.75) is 25.5 Å². The minimum atomic E-state index is -4.73. The molecule has 2 aromatic heterocycles. The minimum absolute atomic E-state index is 0.203. The molecule has 0 spiro atoms. The Hall–Kier alpha value is -3.37. The Bertz CT molecular complexity index is 1200. The van der Waals surface area contributed by atoms with Gasteiger partial charge in [0, 0.05) is 24.9 Å². The molecule has 1 aliphatic heterocycles. The molecule has 1 N–H and O–H groups in total. The molecule has 0 saturated carbocycles. The maximum Gasteiger partial charge on any atom is 0.573 e. The first kappa shape index (κ1) is 21.8. The fraction of sp³-hybridized carbons (Fsp3) is 0.190. The summed E-state index contributed by atoms with van der Waals surface area (Å²) >= 11 is 5.90. The van der Waals surface area contributed by atoms with Crippen LogP contribution < -0.4 is 15.8 Å². The number of nitrogens with zero attached hydrogens (tertiary/aromatic N) is 3. The summed E-state index contributed by atoms with van der Waals surface area (Å²) in [4.78, 5) is 26.1. The maximum absolute atomic E-state index is 12.3. The standard InChI is InChI=1S/C21H16ClF3N4O3/c22-17-9-14(7-8-26-17)11-29-12-15(3-6-19(29)30)20-27-18(28-32-20)10-13-1-4-16(5-2-13)31-21(23,24)25/h1-9,12,18,28H,10-11H2. The molecule has 1 atom stereocenters. The van der Waals surface area contributed by atoms with Crippen LogP contribution in [0.4, 0.5) is 13.2 Å². The summed E-state index contributed by atoms with van der Waals surface area (Å²) in [7, 11) is 0.